The predicted molar refractivity (Wildman–Crippen MR) is 78.1 cm³/mol. The lowest BCUT2D eigenvalue weighted by Crippen LogP contribution is -2.22. The van der Waals surface area contributed by atoms with E-state index in [0.29, 0.717) is 6.04 Å². The topological polar surface area (TPSA) is 30.5 Å². The molecular weight excluding hydrogens is 238 g/mol. The lowest BCUT2D eigenvalue weighted by atomic mass is 9.97. The van der Waals surface area contributed by atoms with Crippen LogP contribution in [0.1, 0.15) is 49.8 Å². The van der Waals surface area contributed by atoms with Crippen LogP contribution in [0.25, 0.3) is 0 Å². The van der Waals surface area contributed by atoms with E-state index in [4.69, 9.17) is 9.47 Å². The number of methoxy groups -OCH3 is 2. The van der Waals surface area contributed by atoms with E-state index in [1.54, 1.807) is 14.2 Å². The summed E-state index contributed by atoms with van der Waals surface area (Å²) in [6.45, 7) is 3.26. The van der Waals surface area contributed by atoms with Crippen LogP contribution in [0.3, 0.4) is 0 Å². The summed E-state index contributed by atoms with van der Waals surface area (Å²) in [5.74, 6) is 1.86. The third kappa shape index (κ3) is 3.21. The summed E-state index contributed by atoms with van der Waals surface area (Å²) in [5.41, 5.74) is 2.72. The van der Waals surface area contributed by atoms with E-state index in [2.05, 4.69) is 18.3 Å². The van der Waals surface area contributed by atoms with Crippen LogP contribution < -0.4 is 14.8 Å². The molecule has 0 saturated carbocycles. The van der Waals surface area contributed by atoms with Crippen molar-refractivity contribution in [2.45, 2.75) is 45.1 Å². The minimum atomic E-state index is 0.432. The number of benzene rings is 1. The molecule has 1 aliphatic rings. The van der Waals surface area contributed by atoms with Gasteiger partial charge in [-0.3, -0.25) is 0 Å². The van der Waals surface area contributed by atoms with Gasteiger partial charge in [0.05, 0.1) is 14.2 Å². The summed E-state index contributed by atoms with van der Waals surface area (Å²) in [5, 5.41) is 3.66. The van der Waals surface area contributed by atoms with Crippen molar-refractivity contribution in [2.75, 3.05) is 20.8 Å². The first kappa shape index (κ1) is 14.2. The molecule has 1 aromatic rings. The standard InChI is InChI=1S/C16H25NO2/c1-4-9-17-15-8-6-5-7-13-14(15)10-12(18-2)11-16(13)19-3/h10-11,15,17H,4-9H2,1-3H3. The van der Waals surface area contributed by atoms with Gasteiger partial charge in [0.25, 0.3) is 0 Å². The summed E-state index contributed by atoms with van der Waals surface area (Å²) in [6.07, 6.45) is 5.96. The molecule has 0 amide bonds. The van der Waals surface area contributed by atoms with Gasteiger partial charge in [-0.1, -0.05) is 13.3 Å². The predicted octanol–water partition coefficient (Wildman–Crippen LogP) is 3.47. The average Bonchev–Trinajstić information content (AvgIpc) is 2.66. The Kier molecular flexibility index (Phi) is 5.08. The SMILES string of the molecule is CCCNC1CCCCc2c(OC)cc(OC)cc21. The third-order valence-electron chi connectivity index (χ3n) is 3.86. The molecule has 1 aliphatic carbocycles. The number of rotatable bonds is 5. The van der Waals surface area contributed by atoms with Gasteiger partial charge < -0.3 is 14.8 Å². The summed E-state index contributed by atoms with van der Waals surface area (Å²) < 4.78 is 11.0. The van der Waals surface area contributed by atoms with Gasteiger partial charge in [-0.25, -0.2) is 0 Å². The molecule has 3 heteroatoms. The number of nitrogens with one attached hydrogen (secondary N) is 1. The van der Waals surface area contributed by atoms with E-state index >= 15 is 0 Å². The van der Waals surface area contributed by atoms with Gasteiger partial charge in [-0.2, -0.15) is 0 Å². The molecule has 0 saturated heterocycles. The first-order valence-electron chi connectivity index (χ1n) is 7.28. The molecule has 1 atom stereocenters. The molecule has 0 bridgehead atoms. The molecule has 2 rings (SSSR count). The maximum absolute atomic E-state index is 5.56. The van der Waals surface area contributed by atoms with Crippen molar-refractivity contribution >= 4 is 0 Å². The molecule has 19 heavy (non-hydrogen) atoms. The Balaban J connectivity index is 2.39. The second-order valence-electron chi connectivity index (χ2n) is 5.15. The van der Waals surface area contributed by atoms with Crippen molar-refractivity contribution in [1.29, 1.82) is 0 Å². The Bertz CT molecular complexity index is 417. The molecule has 0 heterocycles. The number of hydrogen-bond donors (Lipinski definition) is 1. The number of fused-ring (bicyclic) bond motifs is 1. The normalized spacial score (nSPS) is 18.6. The maximum atomic E-state index is 5.56. The lowest BCUT2D eigenvalue weighted by molar-refractivity contribution is 0.388. The van der Waals surface area contributed by atoms with Gasteiger partial charge >= 0.3 is 0 Å². The van der Waals surface area contributed by atoms with Gasteiger partial charge in [0, 0.05) is 12.1 Å². The summed E-state index contributed by atoms with van der Waals surface area (Å²) in [4.78, 5) is 0. The molecule has 1 N–H and O–H groups in total. The molecule has 0 spiro atoms. The van der Waals surface area contributed by atoms with Gasteiger partial charge in [-0.15, -0.1) is 0 Å². The van der Waals surface area contributed by atoms with E-state index < -0.39 is 0 Å². The van der Waals surface area contributed by atoms with E-state index in [0.717, 1.165) is 30.9 Å². The van der Waals surface area contributed by atoms with Crippen molar-refractivity contribution < 1.29 is 9.47 Å². The van der Waals surface area contributed by atoms with Crippen LogP contribution in [-0.4, -0.2) is 20.8 Å². The fraction of sp³-hybridized carbons (Fsp3) is 0.625. The summed E-state index contributed by atoms with van der Waals surface area (Å²) in [7, 11) is 3.46. The van der Waals surface area contributed by atoms with Crippen LogP contribution in [0.4, 0.5) is 0 Å². The highest BCUT2D eigenvalue weighted by Crippen LogP contribution is 2.37. The molecule has 1 unspecified atom stereocenters. The Morgan fingerprint density at radius 1 is 1.21 bits per heavy atom. The Morgan fingerprint density at radius 2 is 2.05 bits per heavy atom. The minimum Gasteiger partial charge on any atom is -0.497 e. The first-order valence-corrected chi connectivity index (χ1v) is 7.28. The zero-order valence-corrected chi connectivity index (χ0v) is 12.3. The van der Waals surface area contributed by atoms with Crippen molar-refractivity contribution in [3.8, 4) is 11.5 Å². The Morgan fingerprint density at radius 3 is 2.74 bits per heavy atom. The van der Waals surface area contributed by atoms with Crippen LogP contribution in [0, 0.1) is 0 Å². The molecule has 0 radical (unpaired) electrons. The van der Waals surface area contributed by atoms with Crippen LogP contribution in [-0.2, 0) is 6.42 Å². The molecule has 1 aromatic carbocycles. The maximum Gasteiger partial charge on any atom is 0.126 e. The zero-order valence-electron chi connectivity index (χ0n) is 12.3. The van der Waals surface area contributed by atoms with Gasteiger partial charge in [0.1, 0.15) is 11.5 Å². The molecular formula is C16H25NO2. The highest BCUT2D eigenvalue weighted by Gasteiger charge is 2.22. The highest BCUT2D eigenvalue weighted by atomic mass is 16.5. The van der Waals surface area contributed by atoms with Crippen LogP contribution in [0.2, 0.25) is 0 Å². The largest absolute Gasteiger partial charge is 0.497 e. The fourth-order valence-corrected chi connectivity index (χ4v) is 2.86. The highest BCUT2D eigenvalue weighted by molar-refractivity contribution is 5.48. The number of hydrogen-bond acceptors (Lipinski definition) is 3. The van der Waals surface area contributed by atoms with E-state index in [1.807, 2.05) is 6.07 Å². The van der Waals surface area contributed by atoms with Gasteiger partial charge in [0.2, 0.25) is 0 Å². The zero-order chi connectivity index (χ0) is 13.7. The van der Waals surface area contributed by atoms with Crippen LogP contribution >= 0.6 is 0 Å². The minimum absolute atomic E-state index is 0.432. The summed E-state index contributed by atoms with van der Waals surface area (Å²) >= 11 is 0. The Hall–Kier alpha value is -1.22. The van der Waals surface area contributed by atoms with Crippen LogP contribution in [0.5, 0.6) is 11.5 Å². The first-order chi connectivity index (χ1) is 9.30. The average molecular weight is 263 g/mol. The van der Waals surface area contributed by atoms with Gasteiger partial charge in [0.15, 0.2) is 0 Å². The molecule has 0 fully saturated rings. The van der Waals surface area contributed by atoms with Crippen molar-refractivity contribution in [3.63, 3.8) is 0 Å². The van der Waals surface area contributed by atoms with E-state index in [9.17, 15) is 0 Å². The van der Waals surface area contributed by atoms with Crippen molar-refractivity contribution in [2.24, 2.45) is 0 Å². The third-order valence-corrected chi connectivity index (χ3v) is 3.86. The second kappa shape index (κ2) is 6.80. The smallest absolute Gasteiger partial charge is 0.126 e. The fourth-order valence-electron chi connectivity index (χ4n) is 2.86. The summed E-state index contributed by atoms with van der Waals surface area (Å²) in [6, 6.07) is 4.61. The second-order valence-corrected chi connectivity index (χ2v) is 5.15. The van der Waals surface area contributed by atoms with Crippen molar-refractivity contribution in [1.82, 2.24) is 5.32 Å². The lowest BCUT2D eigenvalue weighted by Gasteiger charge is -2.21. The van der Waals surface area contributed by atoms with Crippen LogP contribution in [0.15, 0.2) is 12.1 Å². The number of ether oxygens (including phenoxy) is 2. The quantitative estimate of drug-likeness (QED) is 0.825. The van der Waals surface area contributed by atoms with Crippen molar-refractivity contribution in [3.05, 3.63) is 23.3 Å². The van der Waals surface area contributed by atoms with Gasteiger partial charge in [-0.05, 0) is 49.4 Å². The monoisotopic (exact) mass is 263 g/mol. The molecule has 3 nitrogen and oxygen atoms in total. The molecule has 0 aromatic heterocycles. The Labute approximate surface area is 116 Å². The molecule has 0 aliphatic heterocycles. The van der Waals surface area contributed by atoms with E-state index in [1.165, 1.54) is 30.4 Å². The molecule has 106 valence electrons. The van der Waals surface area contributed by atoms with E-state index in [-0.39, 0.29) is 0 Å².